The van der Waals surface area contributed by atoms with Crippen molar-refractivity contribution >= 4 is 11.9 Å². The number of nitrogens with zero attached hydrogens (tertiary/aromatic N) is 1. The molecule has 0 bridgehead atoms. The van der Waals surface area contributed by atoms with Crippen molar-refractivity contribution in [2.45, 2.75) is 31.7 Å². The minimum Gasteiger partial charge on any atom is -0.478 e. The Hall–Kier alpha value is -2.56. The van der Waals surface area contributed by atoms with Crippen LogP contribution < -0.4 is 0 Å². The van der Waals surface area contributed by atoms with E-state index in [-0.39, 0.29) is 28.7 Å². The van der Waals surface area contributed by atoms with E-state index in [1.54, 1.807) is 4.90 Å². The summed E-state index contributed by atoms with van der Waals surface area (Å²) in [5.74, 6) is -1.05. The van der Waals surface area contributed by atoms with E-state index < -0.39 is 5.97 Å². The Morgan fingerprint density at radius 1 is 1.26 bits per heavy atom. The van der Waals surface area contributed by atoms with Crippen molar-refractivity contribution in [2.75, 3.05) is 6.54 Å². The summed E-state index contributed by atoms with van der Waals surface area (Å²) in [6.07, 6.45) is 1.97. The van der Waals surface area contributed by atoms with Crippen LogP contribution in [0.3, 0.4) is 0 Å². The molecule has 1 saturated heterocycles. The number of carboxylic acids is 1. The zero-order valence-electron chi connectivity index (χ0n) is 13.2. The smallest absolute Gasteiger partial charge is 0.338 e. The Morgan fingerprint density at radius 3 is 2.57 bits per heavy atom. The number of hydrogen-bond acceptors (Lipinski definition) is 3. The van der Waals surface area contributed by atoms with Gasteiger partial charge in [0.1, 0.15) is 6.26 Å². The van der Waals surface area contributed by atoms with Crippen LogP contribution in [0.2, 0.25) is 0 Å². The van der Waals surface area contributed by atoms with Gasteiger partial charge in [-0.15, -0.1) is 0 Å². The van der Waals surface area contributed by atoms with Crippen LogP contribution in [0, 0.1) is 0 Å². The average molecular weight is 313 g/mol. The lowest BCUT2D eigenvalue weighted by Gasteiger charge is -2.35. The van der Waals surface area contributed by atoms with E-state index in [0.717, 1.165) is 12.7 Å². The highest BCUT2D eigenvalue weighted by molar-refractivity contribution is 5.96. The van der Waals surface area contributed by atoms with E-state index in [0.29, 0.717) is 6.54 Å². The number of carboxylic acid groups (broad SMARTS) is 1. The fraction of sp³-hybridized carbons (Fsp3) is 0.333. The Morgan fingerprint density at radius 2 is 1.96 bits per heavy atom. The highest BCUT2D eigenvalue weighted by atomic mass is 16.4. The van der Waals surface area contributed by atoms with Gasteiger partial charge in [0, 0.05) is 24.1 Å². The zero-order chi connectivity index (χ0) is 16.6. The Balaban J connectivity index is 1.86. The number of carbonyl (C=O) groups is 2. The van der Waals surface area contributed by atoms with Gasteiger partial charge in [-0.1, -0.05) is 30.3 Å². The third kappa shape index (κ3) is 2.63. The molecule has 1 atom stereocenters. The van der Waals surface area contributed by atoms with Crippen molar-refractivity contribution in [3.63, 3.8) is 0 Å². The minimum atomic E-state index is -1.10. The van der Waals surface area contributed by atoms with E-state index in [4.69, 9.17) is 9.52 Å². The molecule has 5 heteroatoms. The molecular formula is C18H19NO4. The second kappa shape index (κ2) is 5.57. The molecular weight excluding hydrogens is 294 g/mol. The van der Waals surface area contributed by atoms with Crippen LogP contribution in [0.5, 0.6) is 0 Å². The van der Waals surface area contributed by atoms with Crippen LogP contribution in [0.15, 0.2) is 47.1 Å². The molecule has 2 aromatic rings. The maximum atomic E-state index is 12.7. The summed E-state index contributed by atoms with van der Waals surface area (Å²) in [4.78, 5) is 25.4. The number of aromatic carboxylic acids is 1. The van der Waals surface area contributed by atoms with Crippen LogP contribution >= 0.6 is 0 Å². The summed E-state index contributed by atoms with van der Waals surface area (Å²) in [6, 6.07) is 11.4. The summed E-state index contributed by atoms with van der Waals surface area (Å²) < 4.78 is 5.16. The molecule has 120 valence electrons. The predicted molar refractivity (Wildman–Crippen MR) is 84.6 cm³/mol. The minimum absolute atomic E-state index is 0.00929. The molecule has 1 aromatic carbocycles. The van der Waals surface area contributed by atoms with E-state index in [1.807, 2.05) is 32.0 Å². The SMILES string of the molecule is CC1(C)C(c2ccccc2)CCN1C(=O)c1cc(C(=O)O)co1. The molecule has 1 amide bonds. The number of carbonyl (C=O) groups excluding carboxylic acids is 1. The van der Waals surface area contributed by atoms with Gasteiger partial charge >= 0.3 is 5.97 Å². The first-order chi connectivity index (χ1) is 10.9. The molecule has 1 N–H and O–H groups in total. The van der Waals surface area contributed by atoms with Crippen LogP contribution in [0.1, 0.15) is 52.7 Å². The molecule has 1 unspecified atom stereocenters. The summed E-state index contributed by atoms with van der Waals surface area (Å²) in [7, 11) is 0. The summed E-state index contributed by atoms with van der Waals surface area (Å²) >= 11 is 0. The van der Waals surface area contributed by atoms with Crippen LogP contribution in [0.4, 0.5) is 0 Å². The first kappa shape index (κ1) is 15.3. The van der Waals surface area contributed by atoms with Crippen molar-refractivity contribution in [1.29, 1.82) is 0 Å². The lowest BCUT2D eigenvalue weighted by molar-refractivity contribution is 0.0601. The van der Waals surface area contributed by atoms with E-state index in [2.05, 4.69) is 12.1 Å². The molecule has 23 heavy (non-hydrogen) atoms. The van der Waals surface area contributed by atoms with Gasteiger partial charge in [-0.3, -0.25) is 4.79 Å². The van der Waals surface area contributed by atoms with E-state index in [1.165, 1.54) is 11.6 Å². The number of rotatable bonds is 3. The van der Waals surface area contributed by atoms with E-state index >= 15 is 0 Å². The van der Waals surface area contributed by atoms with Crippen LogP contribution in [0.25, 0.3) is 0 Å². The monoisotopic (exact) mass is 313 g/mol. The summed E-state index contributed by atoms with van der Waals surface area (Å²) in [5.41, 5.74) is 0.831. The van der Waals surface area contributed by atoms with Crippen LogP contribution in [-0.4, -0.2) is 34.0 Å². The first-order valence-corrected chi connectivity index (χ1v) is 7.60. The lowest BCUT2D eigenvalue weighted by atomic mass is 9.82. The first-order valence-electron chi connectivity index (χ1n) is 7.60. The van der Waals surface area contributed by atoms with Gasteiger partial charge in [0.2, 0.25) is 0 Å². The maximum absolute atomic E-state index is 12.7. The highest BCUT2D eigenvalue weighted by Gasteiger charge is 2.45. The van der Waals surface area contributed by atoms with Crippen molar-refractivity contribution in [2.24, 2.45) is 0 Å². The molecule has 1 fully saturated rings. The van der Waals surface area contributed by atoms with Gasteiger partial charge in [0.05, 0.1) is 5.56 Å². The van der Waals surface area contributed by atoms with Gasteiger partial charge < -0.3 is 14.4 Å². The van der Waals surface area contributed by atoms with E-state index in [9.17, 15) is 9.59 Å². The van der Waals surface area contributed by atoms with Gasteiger partial charge in [-0.2, -0.15) is 0 Å². The number of benzene rings is 1. The summed E-state index contributed by atoms with van der Waals surface area (Å²) in [6.45, 7) is 4.70. The Labute approximate surface area is 134 Å². The Bertz CT molecular complexity index is 732. The zero-order valence-corrected chi connectivity index (χ0v) is 13.2. The largest absolute Gasteiger partial charge is 0.478 e. The summed E-state index contributed by atoms with van der Waals surface area (Å²) in [5, 5.41) is 8.95. The third-order valence-corrected chi connectivity index (χ3v) is 4.69. The van der Waals surface area contributed by atoms with Gasteiger partial charge in [0.15, 0.2) is 5.76 Å². The van der Waals surface area contributed by atoms with Crippen molar-refractivity contribution in [3.8, 4) is 0 Å². The molecule has 3 rings (SSSR count). The van der Waals surface area contributed by atoms with Gasteiger partial charge in [0.25, 0.3) is 5.91 Å². The number of furan rings is 1. The fourth-order valence-electron chi connectivity index (χ4n) is 3.40. The second-order valence-electron chi connectivity index (χ2n) is 6.37. The molecule has 0 aliphatic carbocycles. The normalized spacial score (nSPS) is 19.7. The molecule has 1 aliphatic rings. The standard InChI is InChI=1S/C18H19NO4/c1-18(2)14(12-6-4-3-5-7-12)8-9-19(18)16(20)15-10-13(11-23-15)17(21)22/h3-7,10-11,14H,8-9H2,1-2H3,(H,21,22). The van der Waals surface area contributed by atoms with Crippen molar-refractivity contribution < 1.29 is 19.1 Å². The van der Waals surface area contributed by atoms with Crippen molar-refractivity contribution in [1.82, 2.24) is 4.90 Å². The van der Waals surface area contributed by atoms with Crippen LogP contribution in [-0.2, 0) is 0 Å². The topological polar surface area (TPSA) is 70.8 Å². The fourth-order valence-corrected chi connectivity index (χ4v) is 3.40. The lowest BCUT2D eigenvalue weighted by Crippen LogP contribution is -2.45. The van der Waals surface area contributed by atoms with Crippen molar-refractivity contribution in [3.05, 3.63) is 59.5 Å². The molecule has 0 spiro atoms. The molecule has 5 nitrogen and oxygen atoms in total. The maximum Gasteiger partial charge on any atom is 0.338 e. The predicted octanol–water partition coefficient (Wildman–Crippen LogP) is 3.39. The van der Waals surface area contributed by atoms with Gasteiger partial charge in [-0.25, -0.2) is 4.79 Å². The number of likely N-dealkylation sites (tertiary alicyclic amines) is 1. The Kier molecular flexibility index (Phi) is 3.72. The quantitative estimate of drug-likeness (QED) is 0.943. The molecule has 0 saturated carbocycles. The van der Waals surface area contributed by atoms with Gasteiger partial charge in [-0.05, 0) is 25.8 Å². The second-order valence-corrected chi connectivity index (χ2v) is 6.37. The molecule has 0 radical (unpaired) electrons. The average Bonchev–Trinajstić information content (AvgIpc) is 3.12. The number of hydrogen-bond donors (Lipinski definition) is 1. The molecule has 1 aliphatic heterocycles. The third-order valence-electron chi connectivity index (χ3n) is 4.69. The molecule has 2 heterocycles. The molecule has 1 aromatic heterocycles. The number of amides is 1. The highest BCUT2D eigenvalue weighted by Crippen LogP contribution is 2.42.